The summed E-state index contributed by atoms with van der Waals surface area (Å²) in [6, 6.07) is 16.5. The molecule has 1 saturated heterocycles. The fourth-order valence-electron chi connectivity index (χ4n) is 2.84. The number of nitrogens with zero attached hydrogens (tertiary/aromatic N) is 2. The Morgan fingerprint density at radius 2 is 1.68 bits per heavy atom. The Kier molecular flexibility index (Phi) is 6.13. The lowest BCUT2D eigenvalue weighted by molar-refractivity contribution is -0.692. The lowest BCUT2D eigenvalue weighted by Gasteiger charge is -2.13. The van der Waals surface area contributed by atoms with E-state index >= 15 is 0 Å². The van der Waals surface area contributed by atoms with Crippen molar-refractivity contribution in [1.29, 1.82) is 0 Å². The van der Waals surface area contributed by atoms with E-state index in [1.165, 1.54) is 11.3 Å². The summed E-state index contributed by atoms with van der Waals surface area (Å²) in [4.78, 5) is 14.3. The molecular weight excluding hydrogens is 340 g/mol. The normalized spacial score (nSPS) is 13.7. The third-order valence-electron chi connectivity index (χ3n) is 4.03. The zero-order valence-corrected chi connectivity index (χ0v) is 14.2. The molecule has 1 aliphatic rings. The fourth-order valence-corrected chi connectivity index (χ4v) is 2.84. The minimum atomic E-state index is 0. The number of aromatic nitrogens is 1. The molecule has 116 valence electrons. The minimum absolute atomic E-state index is 0. The minimum Gasteiger partial charge on any atom is -1.00 e. The number of benzene rings is 1. The summed E-state index contributed by atoms with van der Waals surface area (Å²) in [5.41, 5.74) is 2.45. The molecule has 0 saturated carbocycles. The molecule has 2 heterocycles. The first-order valence-electron chi connectivity index (χ1n) is 7.62. The van der Waals surface area contributed by atoms with Crippen molar-refractivity contribution in [1.82, 2.24) is 4.90 Å². The fraction of sp³-hybridized carbons (Fsp3) is 0.333. The number of amides is 1. The summed E-state index contributed by atoms with van der Waals surface area (Å²) >= 11 is 0. The maximum Gasteiger partial charge on any atom is 0.288 e. The molecule has 1 amide bonds. The molecule has 0 atom stereocenters. The first kappa shape index (κ1) is 16.7. The van der Waals surface area contributed by atoms with Crippen LogP contribution in [-0.4, -0.2) is 23.9 Å². The van der Waals surface area contributed by atoms with Crippen LogP contribution >= 0.6 is 0 Å². The summed E-state index contributed by atoms with van der Waals surface area (Å²) in [5, 5.41) is 0. The van der Waals surface area contributed by atoms with Crippen LogP contribution in [0.25, 0.3) is 0 Å². The first-order chi connectivity index (χ1) is 10.3. The van der Waals surface area contributed by atoms with Gasteiger partial charge in [0.2, 0.25) is 6.54 Å². The van der Waals surface area contributed by atoms with E-state index in [1.807, 2.05) is 29.3 Å². The lowest BCUT2D eigenvalue weighted by atomic mass is 10.1. The van der Waals surface area contributed by atoms with Gasteiger partial charge in [0.25, 0.3) is 5.91 Å². The molecule has 0 radical (unpaired) electrons. The number of hydrogen-bond donors (Lipinski definition) is 0. The van der Waals surface area contributed by atoms with Crippen molar-refractivity contribution in [3.05, 3.63) is 66.0 Å². The van der Waals surface area contributed by atoms with Gasteiger partial charge in [-0.1, -0.05) is 36.4 Å². The molecule has 22 heavy (non-hydrogen) atoms. The molecular formula is C18H21BrN2O. The predicted molar refractivity (Wildman–Crippen MR) is 81.7 cm³/mol. The van der Waals surface area contributed by atoms with E-state index in [2.05, 4.69) is 34.9 Å². The van der Waals surface area contributed by atoms with Crippen molar-refractivity contribution in [3.8, 4) is 0 Å². The average Bonchev–Trinajstić information content (AvgIpc) is 3.05. The monoisotopic (exact) mass is 360 g/mol. The second kappa shape index (κ2) is 8.08. The van der Waals surface area contributed by atoms with Crippen LogP contribution in [0.3, 0.4) is 0 Å². The van der Waals surface area contributed by atoms with Gasteiger partial charge in [-0.15, -0.1) is 0 Å². The summed E-state index contributed by atoms with van der Waals surface area (Å²) in [5.74, 6) is 0.234. The van der Waals surface area contributed by atoms with Crippen LogP contribution in [0.15, 0.2) is 54.7 Å². The molecule has 0 spiro atoms. The number of hydrogen-bond acceptors (Lipinski definition) is 1. The lowest BCUT2D eigenvalue weighted by Crippen LogP contribution is -3.00. The number of carbonyl (C=O) groups is 1. The molecule has 0 aliphatic carbocycles. The SMILES string of the molecule is O=C(C[n+]1ccccc1Cc1ccccc1)N1CCCC1.[Br-]. The highest BCUT2D eigenvalue weighted by Gasteiger charge is 2.22. The first-order valence-corrected chi connectivity index (χ1v) is 7.62. The summed E-state index contributed by atoms with van der Waals surface area (Å²) in [6.45, 7) is 2.28. The van der Waals surface area contributed by atoms with E-state index < -0.39 is 0 Å². The van der Waals surface area contributed by atoms with E-state index in [-0.39, 0.29) is 22.9 Å². The number of halogens is 1. The van der Waals surface area contributed by atoms with Crippen LogP contribution in [0.1, 0.15) is 24.1 Å². The molecule has 2 aromatic rings. The van der Waals surface area contributed by atoms with Crippen LogP contribution in [0.2, 0.25) is 0 Å². The van der Waals surface area contributed by atoms with Gasteiger partial charge < -0.3 is 21.9 Å². The van der Waals surface area contributed by atoms with Crippen LogP contribution < -0.4 is 21.5 Å². The van der Waals surface area contributed by atoms with Gasteiger partial charge in [0.1, 0.15) is 0 Å². The highest BCUT2D eigenvalue weighted by atomic mass is 79.9. The Balaban J connectivity index is 0.00000176. The maximum atomic E-state index is 12.3. The van der Waals surface area contributed by atoms with Gasteiger partial charge in [0.05, 0.1) is 6.42 Å². The van der Waals surface area contributed by atoms with E-state index in [9.17, 15) is 4.79 Å². The Hall–Kier alpha value is -1.68. The van der Waals surface area contributed by atoms with Gasteiger partial charge in [-0.25, -0.2) is 0 Å². The van der Waals surface area contributed by atoms with E-state index in [1.54, 1.807) is 0 Å². The van der Waals surface area contributed by atoms with E-state index in [0.717, 1.165) is 32.4 Å². The molecule has 1 aliphatic heterocycles. The quantitative estimate of drug-likeness (QED) is 0.654. The van der Waals surface area contributed by atoms with Crippen molar-refractivity contribution >= 4 is 5.91 Å². The van der Waals surface area contributed by atoms with Gasteiger partial charge in [-0.2, -0.15) is 4.57 Å². The molecule has 0 N–H and O–H groups in total. The topological polar surface area (TPSA) is 24.2 Å². The third kappa shape index (κ3) is 4.17. The number of rotatable bonds is 4. The Labute approximate surface area is 142 Å². The number of likely N-dealkylation sites (tertiary alicyclic amines) is 1. The zero-order valence-electron chi connectivity index (χ0n) is 12.6. The molecule has 1 aromatic heterocycles. The molecule has 1 fully saturated rings. The standard InChI is InChI=1S/C18H21N2O.BrH/c21-18(19-11-6-7-12-19)15-20-13-5-4-10-17(20)14-16-8-2-1-3-9-16;/h1-5,8-10,13H,6-7,11-12,14-15H2;1H/q+1;/p-1. The van der Waals surface area contributed by atoms with Crippen molar-refractivity contribution in [3.63, 3.8) is 0 Å². The Morgan fingerprint density at radius 3 is 2.41 bits per heavy atom. The average molecular weight is 361 g/mol. The molecule has 0 bridgehead atoms. The molecule has 3 nitrogen and oxygen atoms in total. The van der Waals surface area contributed by atoms with Gasteiger partial charge in [-0.05, 0) is 18.4 Å². The van der Waals surface area contributed by atoms with Crippen molar-refractivity contribution < 1.29 is 26.3 Å². The number of carbonyl (C=O) groups excluding carboxylic acids is 1. The number of pyridine rings is 1. The van der Waals surface area contributed by atoms with Crippen LogP contribution in [0.4, 0.5) is 0 Å². The van der Waals surface area contributed by atoms with E-state index in [0.29, 0.717) is 6.54 Å². The van der Waals surface area contributed by atoms with Gasteiger partial charge in [0.15, 0.2) is 11.9 Å². The van der Waals surface area contributed by atoms with Gasteiger partial charge in [-0.3, -0.25) is 4.79 Å². The van der Waals surface area contributed by atoms with Crippen molar-refractivity contribution in [2.45, 2.75) is 25.8 Å². The Morgan fingerprint density at radius 1 is 1.00 bits per heavy atom. The largest absolute Gasteiger partial charge is 1.00 e. The molecule has 0 unspecified atom stereocenters. The second-order valence-electron chi connectivity index (χ2n) is 5.57. The molecule has 1 aromatic carbocycles. The summed E-state index contributed by atoms with van der Waals surface area (Å²) in [7, 11) is 0. The van der Waals surface area contributed by atoms with Gasteiger partial charge >= 0.3 is 0 Å². The smallest absolute Gasteiger partial charge is 0.288 e. The van der Waals surface area contributed by atoms with Crippen molar-refractivity contribution in [2.24, 2.45) is 0 Å². The molecule has 3 rings (SSSR count). The van der Waals surface area contributed by atoms with Crippen LogP contribution in [0, 0.1) is 0 Å². The highest BCUT2D eigenvalue weighted by Crippen LogP contribution is 2.08. The maximum absolute atomic E-state index is 12.3. The van der Waals surface area contributed by atoms with Crippen LogP contribution in [-0.2, 0) is 17.8 Å². The second-order valence-corrected chi connectivity index (χ2v) is 5.57. The van der Waals surface area contributed by atoms with E-state index in [4.69, 9.17) is 0 Å². The summed E-state index contributed by atoms with van der Waals surface area (Å²) in [6.07, 6.45) is 5.14. The predicted octanol–water partition coefficient (Wildman–Crippen LogP) is -0.809. The van der Waals surface area contributed by atoms with Crippen LogP contribution in [0.5, 0.6) is 0 Å². The third-order valence-corrected chi connectivity index (χ3v) is 4.03. The Bertz CT molecular complexity index is 609. The van der Waals surface area contributed by atoms with Gasteiger partial charge in [0, 0.05) is 25.2 Å². The molecule has 4 heteroatoms. The highest BCUT2D eigenvalue weighted by molar-refractivity contribution is 5.74. The summed E-state index contributed by atoms with van der Waals surface area (Å²) < 4.78 is 2.08. The zero-order chi connectivity index (χ0) is 14.5. The van der Waals surface area contributed by atoms with Crippen molar-refractivity contribution in [2.75, 3.05) is 13.1 Å².